The van der Waals surface area contributed by atoms with E-state index in [1.165, 1.54) is 0 Å². The lowest BCUT2D eigenvalue weighted by atomic mass is 10.0. The largest absolute Gasteiger partial charge is 0.360 e. The Morgan fingerprint density at radius 2 is 1.73 bits per heavy atom. The molecule has 0 aliphatic rings. The van der Waals surface area contributed by atoms with Crippen LogP contribution < -0.4 is 0 Å². The van der Waals surface area contributed by atoms with Gasteiger partial charge in [0.15, 0.2) is 5.78 Å². The Morgan fingerprint density at radius 3 is 2.13 bits per heavy atom. The summed E-state index contributed by atoms with van der Waals surface area (Å²) in [6.45, 7) is 7.41. The van der Waals surface area contributed by atoms with E-state index in [1.54, 1.807) is 6.92 Å². The molecule has 0 fully saturated rings. The van der Waals surface area contributed by atoms with Crippen LogP contribution in [0.1, 0.15) is 39.4 Å². The number of rotatable bonds is 3. The SMILES string of the molecule is CC(=O)C(OC(C)(C)C)c1ccccc1. The van der Waals surface area contributed by atoms with Crippen LogP contribution in [0.2, 0.25) is 0 Å². The molecular formula is C13H18O2. The molecule has 0 aliphatic heterocycles. The first-order valence-corrected chi connectivity index (χ1v) is 5.13. The molecule has 1 aromatic rings. The van der Waals surface area contributed by atoms with Crippen molar-refractivity contribution < 1.29 is 9.53 Å². The second kappa shape index (κ2) is 4.58. The molecular weight excluding hydrogens is 188 g/mol. The minimum absolute atomic E-state index is 0.0381. The van der Waals surface area contributed by atoms with E-state index in [1.807, 2.05) is 51.1 Å². The van der Waals surface area contributed by atoms with Gasteiger partial charge in [-0.05, 0) is 33.3 Å². The van der Waals surface area contributed by atoms with Crippen LogP contribution >= 0.6 is 0 Å². The summed E-state index contributed by atoms with van der Waals surface area (Å²) in [5, 5.41) is 0. The average Bonchev–Trinajstić information content (AvgIpc) is 2.14. The highest BCUT2D eigenvalue weighted by Gasteiger charge is 2.23. The lowest BCUT2D eigenvalue weighted by Gasteiger charge is -2.26. The summed E-state index contributed by atoms with van der Waals surface area (Å²) in [5.74, 6) is 0.0381. The normalized spacial score (nSPS) is 13.6. The van der Waals surface area contributed by atoms with E-state index in [-0.39, 0.29) is 11.4 Å². The minimum atomic E-state index is -0.453. The summed E-state index contributed by atoms with van der Waals surface area (Å²) in [6.07, 6.45) is -0.453. The molecule has 2 nitrogen and oxygen atoms in total. The molecule has 0 saturated carbocycles. The van der Waals surface area contributed by atoms with Gasteiger partial charge in [0.1, 0.15) is 6.10 Å². The highest BCUT2D eigenvalue weighted by molar-refractivity contribution is 5.81. The Labute approximate surface area is 91.3 Å². The maximum Gasteiger partial charge on any atom is 0.163 e. The molecule has 2 heteroatoms. The lowest BCUT2D eigenvalue weighted by Crippen LogP contribution is -2.26. The molecule has 0 saturated heterocycles. The van der Waals surface area contributed by atoms with Crippen LogP contribution in [0.5, 0.6) is 0 Å². The van der Waals surface area contributed by atoms with E-state index in [0.29, 0.717) is 0 Å². The van der Waals surface area contributed by atoms with E-state index in [4.69, 9.17) is 4.74 Å². The van der Waals surface area contributed by atoms with E-state index in [9.17, 15) is 4.79 Å². The molecule has 0 spiro atoms. The monoisotopic (exact) mass is 206 g/mol. The standard InChI is InChI=1S/C13H18O2/c1-10(14)12(15-13(2,3)4)11-8-6-5-7-9-11/h5-9,12H,1-4H3. The van der Waals surface area contributed by atoms with Gasteiger partial charge in [-0.1, -0.05) is 30.3 Å². The number of carbonyl (C=O) groups is 1. The van der Waals surface area contributed by atoms with Crippen molar-refractivity contribution >= 4 is 5.78 Å². The van der Waals surface area contributed by atoms with Crippen molar-refractivity contribution in [2.75, 3.05) is 0 Å². The van der Waals surface area contributed by atoms with Gasteiger partial charge in [0.25, 0.3) is 0 Å². The van der Waals surface area contributed by atoms with Crippen LogP contribution in [0.15, 0.2) is 30.3 Å². The fraction of sp³-hybridized carbons (Fsp3) is 0.462. The molecule has 1 unspecified atom stereocenters. The fourth-order valence-corrected chi connectivity index (χ4v) is 1.37. The van der Waals surface area contributed by atoms with Crippen molar-refractivity contribution in [3.63, 3.8) is 0 Å². The van der Waals surface area contributed by atoms with Gasteiger partial charge in [0.2, 0.25) is 0 Å². The molecule has 0 bridgehead atoms. The number of ether oxygens (including phenoxy) is 1. The first-order valence-electron chi connectivity index (χ1n) is 5.13. The Kier molecular flexibility index (Phi) is 3.64. The summed E-state index contributed by atoms with van der Waals surface area (Å²) in [7, 11) is 0. The zero-order valence-electron chi connectivity index (χ0n) is 9.78. The zero-order chi connectivity index (χ0) is 11.5. The van der Waals surface area contributed by atoms with Gasteiger partial charge in [-0.15, -0.1) is 0 Å². The van der Waals surface area contributed by atoms with E-state index in [2.05, 4.69) is 0 Å². The quantitative estimate of drug-likeness (QED) is 0.759. The molecule has 1 rings (SSSR count). The van der Waals surface area contributed by atoms with Gasteiger partial charge < -0.3 is 4.74 Å². The third-order valence-corrected chi connectivity index (χ3v) is 1.94. The summed E-state index contributed by atoms with van der Waals surface area (Å²) in [4.78, 5) is 11.5. The highest BCUT2D eigenvalue weighted by atomic mass is 16.5. The first-order chi connectivity index (χ1) is 6.90. The van der Waals surface area contributed by atoms with E-state index >= 15 is 0 Å². The highest BCUT2D eigenvalue weighted by Crippen LogP contribution is 2.24. The Balaban J connectivity index is 2.90. The van der Waals surface area contributed by atoms with Crippen LogP contribution in [0.3, 0.4) is 0 Å². The van der Waals surface area contributed by atoms with Crippen molar-refractivity contribution in [1.82, 2.24) is 0 Å². The number of Topliss-reactive ketones (excluding diaryl/α,β-unsaturated/α-hetero) is 1. The van der Waals surface area contributed by atoms with Crippen LogP contribution in [-0.2, 0) is 9.53 Å². The Bertz CT molecular complexity index is 322. The van der Waals surface area contributed by atoms with Crippen molar-refractivity contribution in [3.05, 3.63) is 35.9 Å². The Hall–Kier alpha value is -1.15. The molecule has 15 heavy (non-hydrogen) atoms. The fourth-order valence-electron chi connectivity index (χ4n) is 1.37. The van der Waals surface area contributed by atoms with Crippen LogP contribution in [0.4, 0.5) is 0 Å². The van der Waals surface area contributed by atoms with Gasteiger partial charge in [-0.25, -0.2) is 0 Å². The second-order valence-corrected chi connectivity index (χ2v) is 4.63. The van der Waals surface area contributed by atoms with Gasteiger partial charge >= 0.3 is 0 Å². The first kappa shape index (κ1) is 11.9. The third-order valence-electron chi connectivity index (χ3n) is 1.94. The molecule has 0 N–H and O–H groups in total. The minimum Gasteiger partial charge on any atom is -0.360 e. The lowest BCUT2D eigenvalue weighted by molar-refractivity contribution is -0.138. The molecule has 0 amide bonds. The molecule has 1 atom stereocenters. The van der Waals surface area contributed by atoms with Crippen LogP contribution in [-0.4, -0.2) is 11.4 Å². The smallest absolute Gasteiger partial charge is 0.163 e. The Morgan fingerprint density at radius 1 is 1.20 bits per heavy atom. The number of benzene rings is 1. The number of hydrogen-bond donors (Lipinski definition) is 0. The number of carbonyl (C=O) groups excluding carboxylic acids is 1. The molecule has 0 aromatic heterocycles. The van der Waals surface area contributed by atoms with E-state index in [0.717, 1.165) is 5.56 Å². The summed E-state index contributed by atoms with van der Waals surface area (Å²) in [6, 6.07) is 9.59. The average molecular weight is 206 g/mol. The molecule has 0 aliphatic carbocycles. The molecule has 82 valence electrons. The van der Waals surface area contributed by atoms with Crippen LogP contribution in [0.25, 0.3) is 0 Å². The molecule has 0 radical (unpaired) electrons. The van der Waals surface area contributed by atoms with Crippen molar-refractivity contribution in [2.24, 2.45) is 0 Å². The second-order valence-electron chi connectivity index (χ2n) is 4.63. The summed E-state index contributed by atoms with van der Waals surface area (Å²) >= 11 is 0. The topological polar surface area (TPSA) is 26.3 Å². The molecule has 0 heterocycles. The third kappa shape index (κ3) is 3.84. The van der Waals surface area contributed by atoms with Crippen LogP contribution in [0, 0.1) is 0 Å². The van der Waals surface area contributed by atoms with Crippen molar-refractivity contribution in [3.8, 4) is 0 Å². The number of hydrogen-bond acceptors (Lipinski definition) is 2. The van der Waals surface area contributed by atoms with Crippen molar-refractivity contribution in [2.45, 2.75) is 39.4 Å². The number of ketones is 1. The van der Waals surface area contributed by atoms with Gasteiger partial charge in [-0.3, -0.25) is 4.79 Å². The molecule has 1 aromatic carbocycles. The maximum atomic E-state index is 11.5. The predicted molar refractivity (Wildman–Crippen MR) is 60.7 cm³/mol. The van der Waals surface area contributed by atoms with E-state index < -0.39 is 6.10 Å². The van der Waals surface area contributed by atoms with Crippen molar-refractivity contribution in [1.29, 1.82) is 0 Å². The predicted octanol–water partition coefficient (Wildman–Crippen LogP) is 3.13. The van der Waals surface area contributed by atoms with Gasteiger partial charge in [0, 0.05) is 0 Å². The summed E-state index contributed by atoms with van der Waals surface area (Å²) < 4.78 is 5.74. The maximum absolute atomic E-state index is 11.5. The zero-order valence-corrected chi connectivity index (χ0v) is 9.78. The van der Waals surface area contributed by atoms with Gasteiger partial charge in [-0.2, -0.15) is 0 Å². The summed E-state index contributed by atoms with van der Waals surface area (Å²) in [5.41, 5.74) is 0.603. The van der Waals surface area contributed by atoms with Gasteiger partial charge in [0.05, 0.1) is 5.60 Å².